The van der Waals surface area contributed by atoms with Crippen LogP contribution in [0.5, 0.6) is 5.75 Å². The molecule has 190 valence electrons. The van der Waals surface area contributed by atoms with Crippen molar-refractivity contribution in [1.82, 2.24) is 10.2 Å². The van der Waals surface area contributed by atoms with Crippen LogP contribution >= 0.6 is 0 Å². The highest BCUT2D eigenvalue weighted by atomic mass is 16.5. The number of hydrogen-bond acceptors (Lipinski definition) is 3. The van der Waals surface area contributed by atoms with Gasteiger partial charge in [0.05, 0.1) is 0 Å². The summed E-state index contributed by atoms with van der Waals surface area (Å²) in [6.07, 6.45) is 0.420. The minimum atomic E-state index is -0.666. The highest BCUT2D eigenvalue weighted by Gasteiger charge is 2.31. The average molecular weight is 487 g/mol. The maximum Gasteiger partial charge on any atom is 0.261 e. The molecule has 3 rings (SSSR count). The molecule has 0 radical (unpaired) electrons. The molecule has 0 fully saturated rings. The van der Waals surface area contributed by atoms with Crippen molar-refractivity contribution in [2.75, 3.05) is 13.2 Å². The van der Waals surface area contributed by atoms with Crippen LogP contribution in [0.2, 0.25) is 0 Å². The molecular weight excluding hydrogens is 448 g/mol. The Morgan fingerprint density at radius 2 is 1.56 bits per heavy atom. The highest BCUT2D eigenvalue weighted by molar-refractivity contribution is 5.88. The van der Waals surface area contributed by atoms with E-state index in [4.69, 9.17) is 4.74 Å². The van der Waals surface area contributed by atoms with Crippen LogP contribution in [-0.4, -0.2) is 35.9 Å². The van der Waals surface area contributed by atoms with Crippen molar-refractivity contribution in [2.45, 2.75) is 59.0 Å². The van der Waals surface area contributed by atoms with Crippen molar-refractivity contribution in [3.8, 4) is 5.75 Å². The molecule has 1 unspecified atom stereocenters. The smallest absolute Gasteiger partial charge is 0.261 e. The summed E-state index contributed by atoms with van der Waals surface area (Å²) in [6.45, 7) is 10.9. The van der Waals surface area contributed by atoms with Crippen LogP contribution in [0.3, 0.4) is 0 Å². The fourth-order valence-corrected chi connectivity index (χ4v) is 4.25. The van der Waals surface area contributed by atoms with E-state index < -0.39 is 6.04 Å². The number of ether oxygens (including phenoxy) is 1. The molecule has 0 bridgehead atoms. The summed E-state index contributed by atoms with van der Waals surface area (Å²) in [4.78, 5) is 28.7. The summed E-state index contributed by atoms with van der Waals surface area (Å²) in [5.41, 5.74) is 3.98. The molecule has 0 aliphatic carbocycles. The first-order chi connectivity index (χ1) is 17.2. The number of carbonyl (C=O) groups is 2. The molecule has 1 N–H and O–H groups in total. The molecule has 0 saturated heterocycles. The van der Waals surface area contributed by atoms with Crippen molar-refractivity contribution in [3.05, 3.63) is 101 Å². The molecule has 3 aromatic rings. The quantitative estimate of drug-likeness (QED) is 0.415. The second-order valence-electron chi connectivity index (χ2n) is 10.1. The zero-order chi connectivity index (χ0) is 26.1. The monoisotopic (exact) mass is 486 g/mol. The summed E-state index contributed by atoms with van der Waals surface area (Å²) in [5.74, 6) is 0.291. The molecular formula is C31H38N2O3. The third-order valence-corrected chi connectivity index (χ3v) is 6.27. The summed E-state index contributed by atoms with van der Waals surface area (Å²) < 4.78 is 6.09. The van der Waals surface area contributed by atoms with Gasteiger partial charge in [-0.05, 0) is 47.6 Å². The van der Waals surface area contributed by atoms with Gasteiger partial charge in [0.2, 0.25) is 5.91 Å². The fourth-order valence-electron chi connectivity index (χ4n) is 4.25. The highest BCUT2D eigenvalue weighted by Crippen LogP contribution is 2.31. The Hall–Kier alpha value is -3.60. The van der Waals surface area contributed by atoms with E-state index >= 15 is 0 Å². The SMILES string of the molecule is CCNC(=O)C(Cc1ccccc1)N(Cc1ccccc1C)C(=O)COc1ccccc1C(C)(C)C. The van der Waals surface area contributed by atoms with Crippen molar-refractivity contribution >= 4 is 11.8 Å². The molecule has 0 spiro atoms. The molecule has 5 nitrogen and oxygen atoms in total. The van der Waals surface area contributed by atoms with E-state index in [2.05, 4.69) is 26.1 Å². The molecule has 5 heteroatoms. The Morgan fingerprint density at radius 1 is 0.917 bits per heavy atom. The molecule has 0 aliphatic heterocycles. The van der Waals surface area contributed by atoms with E-state index in [0.717, 1.165) is 22.3 Å². The number of nitrogens with zero attached hydrogens (tertiary/aromatic N) is 1. The minimum Gasteiger partial charge on any atom is -0.483 e. The Morgan fingerprint density at radius 3 is 2.22 bits per heavy atom. The maximum atomic E-state index is 13.8. The van der Waals surface area contributed by atoms with Gasteiger partial charge in [-0.2, -0.15) is 0 Å². The van der Waals surface area contributed by atoms with Crippen LogP contribution in [-0.2, 0) is 28.0 Å². The summed E-state index contributed by atoms with van der Waals surface area (Å²) >= 11 is 0. The minimum absolute atomic E-state index is 0.128. The van der Waals surface area contributed by atoms with Crippen molar-refractivity contribution in [1.29, 1.82) is 0 Å². The molecule has 2 amide bonds. The third kappa shape index (κ3) is 7.20. The fraction of sp³-hybridized carbons (Fsp3) is 0.355. The second-order valence-corrected chi connectivity index (χ2v) is 10.1. The largest absolute Gasteiger partial charge is 0.483 e. The van der Waals surface area contributed by atoms with Gasteiger partial charge in [0.15, 0.2) is 6.61 Å². The van der Waals surface area contributed by atoms with Gasteiger partial charge in [-0.25, -0.2) is 0 Å². The molecule has 36 heavy (non-hydrogen) atoms. The lowest BCUT2D eigenvalue weighted by Crippen LogP contribution is -2.51. The number of rotatable bonds is 10. The van der Waals surface area contributed by atoms with Gasteiger partial charge in [-0.15, -0.1) is 0 Å². The molecule has 0 aliphatic rings. The van der Waals surface area contributed by atoms with Gasteiger partial charge in [0.25, 0.3) is 5.91 Å². The van der Waals surface area contributed by atoms with Gasteiger partial charge in [0, 0.05) is 19.5 Å². The van der Waals surface area contributed by atoms with Crippen molar-refractivity contribution in [2.24, 2.45) is 0 Å². The van der Waals surface area contributed by atoms with Gasteiger partial charge in [-0.1, -0.05) is 93.6 Å². The van der Waals surface area contributed by atoms with Crippen molar-refractivity contribution in [3.63, 3.8) is 0 Å². The van der Waals surface area contributed by atoms with Crippen LogP contribution in [0.4, 0.5) is 0 Å². The lowest BCUT2D eigenvalue weighted by Gasteiger charge is -2.32. The van der Waals surface area contributed by atoms with E-state index in [1.165, 1.54) is 0 Å². The standard InChI is InChI=1S/C31H38N2O3/c1-6-32-30(35)27(20-24-15-8-7-9-16-24)33(21-25-17-11-10-14-23(25)2)29(34)22-36-28-19-13-12-18-26(28)31(3,4)5/h7-19,27H,6,20-22H2,1-5H3,(H,32,35). The Balaban J connectivity index is 1.93. The van der Waals surface area contributed by atoms with E-state index in [9.17, 15) is 9.59 Å². The zero-order valence-corrected chi connectivity index (χ0v) is 22.1. The number of aryl methyl sites for hydroxylation is 1. The Kier molecular flexibility index (Phi) is 9.29. The topological polar surface area (TPSA) is 58.6 Å². The molecule has 0 aromatic heterocycles. The van der Waals surface area contributed by atoms with Gasteiger partial charge in [0.1, 0.15) is 11.8 Å². The van der Waals surface area contributed by atoms with E-state index in [1.807, 2.05) is 92.7 Å². The number of amides is 2. The number of carbonyl (C=O) groups excluding carboxylic acids is 2. The number of likely N-dealkylation sites (N-methyl/N-ethyl adjacent to an activating group) is 1. The molecule has 1 atom stereocenters. The van der Waals surface area contributed by atoms with Gasteiger partial charge in [-0.3, -0.25) is 9.59 Å². The first-order valence-corrected chi connectivity index (χ1v) is 12.6. The van der Waals surface area contributed by atoms with Gasteiger partial charge >= 0.3 is 0 Å². The van der Waals surface area contributed by atoms with E-state index in [0.29, 0.717) is 25.3 Å². The van der Waals surface area contributed by atoms with Crippen molar-refractivity contribution < 1.29 is 14.3 Å². The molecule has 0 heterocycles. The van der Waals surface area contributed by atoms with Crippen LogP contribution < -0.4 is 10.1 Å². The lowest BCUT2D eigenvalue weighted by molar-refractivity contribution is -0.142. The first-order valence-electron chi connectivity index (χ1n) is 12.6. The summed E-state index contributed by atoms with van der Waals surface area (Å²) in [5, 5.41) is 2.93. The first kappa shape index (κ1) is 27.0. The summed E-state index contributed by atoms with van der Waals surface area (Å²) in [6, 6.07) is 24.9. The van der Waals surface area contributed by atoms with Crippen LogP contribution in [0.1, 0.15) is 49.9 Å². The van der Waals surface area contributed by atoms with Crippen LogP contribution in [0, 0.1) is 6.92 Å². The number of para-hydroxylation sites is 1. The summed E-state index contributed by atoms with van der Waals surface area (Å²) in [7, 11) is 0. The maximum absolute atomic E-state index is 13.8. The molecule has 0 saturated carbocycles. The Labute approximate surface area is 215 Å². The predicted octanol–water partition coefficient (Wildman–Crippen LogP) is 5.45. The van der Waals surface area contributed by atoms with E-state index in [-0.39, 0.29) is 23.8 Å². The lowest BCUT2D eigenvalue weighted by atomic mass is 9.86. The predicted molar refractivity (Wildman–Crippen MR) is 145 cm³/mol. The number of benzene rings is 3. The number of hydrogen-bond donors (Lipinski definition) is 1. The number of nitrogens with one attached hydrogen (secondary N) is 1. The molecule has 3 aromatic carbocycles. The van der Waals surface area contributed by atoms with Gasteiger partial charge < -0.3 is 15.0 Å². The van der Waals surface area contributed by atoms with E-state index in [1.54, 1.807) is 4.90 Å². The zero-order valence-electron chi connectivity index (χ0n) is 22.1. The third-order valence-electron chi connectivity index (χ3n) is 6.27. The average Bonchev–Trinajstić information content (AvgIpc) is 2.86. The second kappa shape index (κ2) is 12.4. The van der Waals surface area contributed by atoms with Crippen LogP contribution in [0.15, 0.2) is 78.9 Å². The Bertz CT molecular complexity index is 1150. The van der Waals surface area contributed by atoms with Crippen LogP contribution in [0.25, 0.3) is 0 Å². The normalized spacial score (nSPS) is 12.0.